The zero-order valence-corrected chi connectivity index (χ0v) is 9.40. The molecule has 0 aromatic heterocycles. The molecule has 1 aliphatic heterocycles. The van der Waals surface area contributed by atoms with Crippen LogP contribution in [0.2, 0.25) is 0 Å². The van der Waals surface area contributed by atoms with Crippen molar-refractivity contribution in [2.75, 3.05) is 5.32 Å². The molecule has 1 amide bonds. The molecule has 90 valence electrons. The number of benzene rings is 1. The molecule has 1 atom stereocenters. The second-order valence-corrected chi connectivity index (χ2v) is 3.95. The molecule has 5 heteroatoms. The first-order valence-electron chi connectivity index (χ1n) is 5.47. The molecule has 0 aliphatic carbocycles. The fourth-order valence-electron chi connectivity index (χ4n) is 2.05. The number of carbonyl (C=O) groups is 2. The van der Waals surface area contributed by atoms with Gasteiger partial charge in [-0.15, -0.1) is 0 Å². The molecule has 0 saturated heterocycles. The molecule has 17 heavy (non-hydrogen) atoms. The van der Waals surface area contributed by atoms with Crippen molar-refractivity contribution in [3.8, 4) is 5.75 Å². The molecule has 1 unspecified atom stereocenters. The van der Waals surface area contributed by atoms with Crippen molar-refractivity contribution in [1.29, 1.82) is 0 Å². The van der Waals surface area contributed by atoms with Crippen LogP contribution in [0.1, 0.15) is 31.2 Å². The van der Waals surface area contributed by atoms with Crippen LogP contribution in [0, 0.1) is 0 Å². The summed E-state index contributed by atoms with van der Waals surface area (Å²) in [7, 11) is 0. The van der Waals surface area contributed by atoms with Crippen LogP contribution in [0.25, 0.3) is 0 Å². The van der Waals surface area contributed by atoms with Gasteiger partial charge in [-0.3, -0.25) is 4.79 Å². The van der Waals surface area contributed by atoms with Gasteiger partial charge in [0.05, 0.1) is 5.92 Å². The summed E-state index contributed by atoms with van der Waals surface area (Å²) in [6.45, 7) is 2.02. The summed E-state index contributed by atoms with van der Waals surface area (Å²) >= 11 is 0. The van der Waals surface area contributed by atoms with Crippen LogP contribution < -0.4 is 10.1 Å². The predicted molar refractivity (Wildman–Crippen MR) is 61.4 cm³/mol. The summed E-state index contributed by atoms with van der Waals surface area (Å²) in [4.78, 5) is 22.1. The Morgan fingerprint density at radius 2 is 2.29 bits per heavy atom. The van der Waals surface area contributed by atoms with Gasteiger partial charge in [-0.25, -0.2) is 4.79 Å². The highest BCUT2D eigenvalue weighted by Crippen LogP contribution is 2.37. The van der Waals surface area contributed by atoms with E-state index in [1.807, 2.05) is 6.92 Å². The predicted octanol–water partition coefficient (Wildman–Crippen LogP) is 2.58. The standard InChI is InChI=1S/C12H13NO4/c1-2-3-9-8-5-4-7(17-12(15)16)6-10(8)13-11(9)14/h4-6,9H,2-3H2,1H3,(H,13,14)(H,15,16). The van der Waals surface area contributed by atoms with E-state index in [1.54, 1.807) is 12.1 Å². The van der Waals surface area contributed by atoms with E-state index in [1.165, 1.54) is 6.07 Å². The summed E-state index contributed by atoms with van der Waals surface area (Å²) in [5, 5.41) is 11.2. The van der Waals surface area contributed by atoms with Gasteiger partial charge >= 0.3 is 6.16 Å². The van der Waals surface area contributed by atoms with E-state index in [4.69, 9.17) is 5.11 Å². The lowest BCUT2D eigenvalue weighted by Gasteiger charge is -2.06. The topological polar surface area (TPSA) is 75.6 Å². The third kappa shape index (κ3) is 2.22. The molecular formula is C12H13NO4. The Bertz CT molecular complexity index is 470. The third-order valence-corrected chi connectivity index (χ3v) is 2.76. The quantitative estimate of drug-likeness (QED) is 0.623. The number of rotatable bonds is 3. The van der Waals surface area contributed by atoms with Crippen LogP contribution in [0.5, 0.6) is 5.75 Å². The fraction of sp³-hybridized carbons (Fsp3) is 0.333. The van der Waals surface area contributed by atoms with Gasteiger partial charge in [0.1, 0.15) is 5.75 Å². The smallest absolute Gasteiger partial charge is 0.449 e. The van der Waals surface area contributed by atoms with E-state index in [-0.39, 0.29) is 17.6 Å². The van der Waals surface area contributed by atoms with Crippen molar-refractivity contribution in [2.45, 2.75) is 25.7 Å². The van der Waals surface area contributed by atoms with Gasteiger partial charge in [0.25, 0.3) is 0 Å². The Kier molecular flexibility index (Phi) is 2.99. The van der Waals surface area contributed by atoms with Crippen molar-refractivity contribution in [1.82, 2.24) is 0 Å². The van der Waals surface area contributed by atoms with Gasteiger partial charge in [-0.1, -0.05) is 19.4 Å². The SMILES string of the molecule is CCCC1C(=O)Nc2cc(OC(=O)O)ccc21. The maximum atomic E-state index is 11.7. The minimum atomic E-state index is -1.36. The zero-order chi connectivity index (χ0) is 12.4. The molecule has 1 aliphatic rings. The molecule has 0 bridgehead atoms. The average Bonchev–Trinajstić information content (AvgIpc) is 2.54. The third-order valence-electron chi connectivity index (χ3n) is 2.76. The van der Waals surface area contributed by atoms with Crippen molar-refractivity contribution in [3.63, 3.8) is 0 Å². The summed E-state index contributed by atoms with van der Waals surface area (Å²) < 4.78 is 4.54. The van der Waals surface area contributed by atoms with Crippen LogP contribution in [0.15, 0.2) is 18.2 Å². The molecule has 2 N–H and O–H groups in total. The Balaban J connectivity index is 2.27. The summed E-state index contributed by atoms with van der Waals surface area (Å²) in [6, 6.07) is 4.85. The van der Waals surface area contributed by atoms with Gasteiger partial charge in [0, 0.05) is 11.8 Å². The molecule has 5 nitrogen and oxygen atoms in total. The highest BCUT2D eigenvalue weighted by Gasteiger charge is 2.29. The highest BCUT2D eigenvalue weighted by molar-refractivity contribution is 6.03. The van der Waals surface area contributed by atoms with Crippen LogP contribution in [-0.4, -0.2) is 17.2 Å². The molecule has 2 rings (SSSR count). The van der Waals surface area contributed by atoms with E-state index in [0.29, 0.717) is 5.69 Å². The molecule has 0 radical (unpaired) electrons. The molecule has 1 aromatic rings. The van der Waals surface area contributed by atoms with E-state index < -0.39 is 6.16 Å². The number of nitrogens with one attached hydrogen (secondary N) is 1. The van der Waals surface area contributed by atoms with E-state index in [2.05, 4.69) is 10.1 Å². The minimum absolute atomic E-state index is 0.0330. The van der Waals surface area contributed by atoms with Gasteiger partial charge in [-0.05, 0) is 18.1 Å². The number of ether oxygens (including phenoxy) is 1. The van der Waals surface area contributed by atoms with Gasteiger partial charge in [-0.2, -0.15) is 0 Å². The minimum Gasteiger partial charge on any atom is -0.449 e. The molecule has 1 heterocycles. The van der Waals surface area contributed by atoms with E-state index >= 15 is 0 Å². The number of fused-ring (bicyclic) bond motifs is 1. The van der Waals surface area contributed by atoms with Gasteiger partial charge in [0.15, 0.2) is 0 Å². The number of amides is 1. The number of anilines is 1. The Hall–Kier alpha value is -2.04. The monoisotopic (exact) mass is 235 g/mol. The largest absolute Gasteiger partial charge is 0.511 e. The Morgan fingerprint density at radius 3 is 2.94 bits per heavy atom. The maximum Gasteiger partial charge on any atom is 0.511 e. The molecular weight excluding hydrogens is 222 g/mol. The Labute approximate surface area is 98.4 Å². The Morgan fingerprint density at radius 1 is 1.53 bits per heavy atom. The average molecular weight is 235 g/mol. The van der Waals surface area contributed by atoms with Crippen LogP contribution >= 0.6 is 0 Å². The molecule has 0 fully saturated rings. The second-order valence-electron chi connectivity index (χ2n) is 3.95. The summed E-state index contributed by atoms with van der Waals surface area (Å²) in [6.07, 6.45) is 0.349. The van der Waals surface area contributed by atoms with Crippen molar-refractivity contribution < 1.29 is 19.4 Å². The van der Waals surface area contributed by atoms with E-state index in [9.17, 15) is 9.59 Å². The summed E-state index contributed by atoms with van der Waals surface area (Å²) in [5.74, 6) is 0.0527. The lowest BCUT2D eigenvalue weighted by Crippen LogP contribution is -2.11. The van der Waals surface area contributed by atoms with E-state index in [0.717, 1.165) is 18.4 Å². The maximum absolute atomic E-state index is 11.7. The lowest BCUT2D eigenvalue weighted by molar-refractivity contribution is -0.117. The first-order valence-corrected chi connectivity index (χ1v) is 5.47. The van der Waals surface area contributed by atoms with Gasteiger partial charge in [0.2, 0.25) is 5.91 Å². The normalized spacial score (nSPS) is 17.5. The highest BCUT2D eigenvalue weighted by atomic mass is 16.7. The molecule has 0 spiro atoms. The van der Waals surface area contributed by atoms with Crippen molar-refractivity contribution in [3.05, 3.63) is 23.8 Å². The number of hydrogen-bond acceptors (Lipinski definition) is 3. The molecule has 1 aromatic carbocycles. The fourth-order valence-corrected chi connectivity index (χ4v) is 2.05. The first kappa shape index (κ1) is 11.4. The van der Waals surface area contributed by atoms with Crippen LogP contribution in [-0.2, 0) is 4.79 Å². The van der Waals surface area contributed by atoms with Crippen molar-refractivity contribution in [2.24, 2.45) is 0 Å². The lowest BCUT2D eigenvalue weighted by atomic mass is 9.96. The second kappa shape index (κ2) is 4.45. The number of hydrogen-bond donors (Lipinski definition) is 2. The molecule has 0 saturated carbocycles. The first-order chi connectivity index (χ1) is 8.11. The van der Waals surface area contributed by atoms with Crippen molar-refractivity contribution >= 4 is 17.7 Å². The number of carbonyl (C=O) groups excluding carboxylic acids is 1. The van der Waals surface area contributed by atoms with Crippen LogP contribution in [0.3, 0.4) is 0 Å². The zero-order valence-electron chi connectivity index (χ0n) is 9.40. The van der Waals surface area contributed by atoms with Crippen LogP contribution in [0.4, 0.5) is 10.5 Å². The summed E-state index contributed by atoms with van der Waals surface area (Å²) in [5.41, 5.74) is 1.56. The van der Waals surface area contributed by atoms with Gasteiger partial charge < -0.3 is 15.2 Å². The number of carboxylic acid groups (broad SMARTS) is 1.